The van der Waals surface area contributed by atoms with E-state index in [1.807, 2.05) is 19.6 Å². The number of carbonyl (C=O) groups is 6. The Kier molecular flexibility index (Phi) is 45.6. The third-order valence-electron chi connectivity index (χ3n) is 34.3. The number of imide groups is 1. The Morgan fingerprint density at radius 2 is 0.579 bits per heavy atom. The Labute approximate surface area is 836 Å². The molecule has 18 fully saturated rings. The number of aliphatic hydroxyl groups is 3. The number of piperidine rings is 9. The lowest BCUT2D eigenvalue weighted by Crippen LogP contribution is -2.52. The second kappa shape index (κ2) is 54.3. The van der Waals surface area contributed by atoms with E-state index < -0.39 is 41.4 Å². The second-order valence-electron chi connectivity index (χ2n) is 46.0. The minimum Gasteiger partial charge on any atom is -0.395 e. The number of methoxy groups -OCH3 is 1. The number of rotatable bonds is 16. The van der Waals surface area contributed by atoms with E-state index >= 15 is 0 Å². The van der Waals surface area contributed by atoms with Crippen LogP contribution in [0.15, 0.2) is 0 Å². The lowest BCUT2D eigenvalue weighted by Gasteiger charge is -2.41. The van der Waals surface area contributed by atoms with E-state index in [2.05, 4.69) is 155 Å². The summed E-state index contributed by atoms with van der Waals surface area (Å²) in [5.74, 6) is -8.82. The Hall–Kier alpha value is -4.22. The first-order valence-corrected chi connectivity index (χ1v) is 54.4. The van der Waals surface area contributed by atoms with E-state index in [9.17, 15) is 74.1 Å². The summed E-state index contributed by atoms with van der Waals surface area (Å²) < 4.78 is 113. The van der Waals surface area contributed by atoms with Gasteiger partial charge in [-0.05, 0) is 370 Å². The van der Waals surface area contributed by atoms with Crippen molar-refractivity contribution in [2.24, 2.45) is 0 Å². The number of nitrogens with zero attached hydrogens (tertiary/aromatic N) is 18. The number of alkyl halides is 8. The first-order valence-electron chi connectivity index (χ1n) is 54.4. The average molecular weight is 2000 g/mol. The van der Waals surface area contributed by atoms with Gasteiger partial charge in [0.2, 0.25) is 35.4 Å². The van der Waals surface area contributed by atoms with Crippen LogP contribution in [-0.4, -0.2) is 505 Å². The molecule has 9 atom stereocenters. The summed E-state index contributed by atoms with van der Waals surface area (Å²) in [5.41, 5.74) is -1.07. The van der Waals surface area contributed by atoms with E-state index in [1.165, 1.54) is 30.6 Å². The average Bonchev–Trinajstić information content (AvgIpc) is 1.63. The van der Waals surface area contributed by atoms with Gasteiger partial charge in [-0.2, -0.15) is 0 Å². The summed E-state index contributed by atoms with van der Waals surface area (Å²) in [6.07, 6.45) is 27.9. The van der Waals surface area contributed by atoms with Crippen molar-refractivity contribution in [1.82, 2.24) is 88.2 Å². The minimum absolute atomic E-state index is 0.0320. The van der Waals surface area contributed by atoms with Crippen LogP contribution in [0.1, 0.15) is 267 Å². The summed E-state index contributed by atoms with van der Waals surface area (Å²) >= 11 is 0. The number of likely N-dealkylation sites (tertiary alicyclic amines) is 18. The monoisotopic (exact) mass is 2000 g/mol. The van der Waals surface area contributed by atoms with Crippen LogP contribution in [0, 0.1) is 0 Å². The van der Waals surface area contributed by atoms with Crippen molar-refractivity contribution in [1.29, 1.82) is 0 Å². The molecule has 810 valence electrons. The lowest BCUT2D eigenvalue weighted by atomic mass is 9.93. The third kappa shape index (κ3) is 34.4. The van der Waals surface area contributed by atoms with Crippen molar-refractivity contribution in [3.8, 4) is 0 Å². The van der Waals surface area contributed by atoms with Gasteiger partial charge in [0.1, 0.15) is 0 Å². The van der Waals surface area contributed by atoms with Crippen LogP contribution < -0.4 is 0 Å². The smallest absolute Gasteiger partial charge is 0.262 e. The highest BCUT2D eigenvalue weighted by Gasteiger charge is 2.55. The molecule has 18 rings (SSSR count). The number of hydrogen-bond donors (Lipinski definition) is 3. The predicted octanol–water partition coefficient (Wildman–Crippen LogP) is 10.3. The van der Waals surface area contributed by atoms with Gasteiger partial charge in [-0.25, -0.2) is 35.1 Å². The quantitative estimate of drug-likeness (QED) is 0.0963. The summed E-state index contributed by atoms with van der Waals surface area (Å²) in [6.45, 7) is 32.2. The van der Waals surface area contributed by atoms with Gasteiger partial charge in [0.25, 0.3) is 23.7 Å². The maximum Gasteiger partial charge on any atom is 0.262 e. The molecule has 28 nitrogen and oxygen atoms in total. The first-order chi connectivity index (χ1) is 66.1. The fraction of sp³-hybridized carbons (Fsp3) is 0.942. The second-order valence-corrected chi connectivity index (χ2v) is 46.0. The van der Waals surface area contributed by atoms with Crippen molar-refractivity contribution in [3.63, 3.8) is 0 Å². The Bertz CT molecular complexity index is 3600. The molecule has 18 aliphatic rings. The van der Waals surface area contributed by atoms with E-state index in [4.69, 9.17) is 9.84 Å². The van der Waals surface area contributed by atoms with Crippen molar-refractivity contribution in [2.75, 3.05) is 228 Å². The molecular weight excluding hydrogens is 1810 g/mol. The SMILES string of the molecule is CC(O)[C@H]1CC(F)(F)CN1C1CCN(C)CC1.CC[C@@H]1CCC(=O)N1C1CCN(C)CC1.CC[C@H]1CCC(=O)N1C1CCN(C)CC1.CN1CCC(N2C(=O)CCC2=O)CC1.CN1CCC(N2CC(F)(F)C[C@@H]2C(C)(C)O)CC1.CN1CCC(N2CC(F)(F)C[C@@H]2CO)CC1.COC[C@H]1CC(F)(F)CN1C1CCN(C)CC1.C[C@@H]1CCC(=O)N1C1CCN(C)CC1.C[C@H]1CCC(=O)N1C1CCN(C)CC1. The molecule has 0 aromatic heterocycles. The summed E-state index contributed by atoms with van der Waals surface area (Å²) in [6, 6.07) is 3.98. The zero-order valence-corrected chi connectivity index (χ0v) is 89.2. The molecule has 0 aromatic carbocycles. The number of carbonyl (C=O) groups excluding carboxylic acids is 6. The number of amides is 6. The van der Waals surface area contributed by atoms with Crippen molar-refractivity contribution in [2.45, 2.75) is 405 Å². The van der Waals surface area contributed by atoms with Crippen LogP contribution in [0.5, 0.6) is 0 Å². The molecule has 0 aromatic rings. The zero-order valence-electron chi connectivity index (χ0n) is 89.2. The Morgan fingerprint density at radius 1 is 0.329 bits per heavy atom. The largest absolute Gasteiger partial charge is 0.395 e. The van der Waals surface area contributed by atoms with Gasteiger partial charge < -0.3 is 83.8 Å². The van der Waals surface area contributed by atoms with Gasteiger partial charge >= 0.3 is 0 Å². The number of halogens is 8. The molecule has 6 amide bonds. The van der Waals surface area contributed by atoms with E-state index in [-0.39, 0.29) is 113 Å². The molecular formula is C104H188F8N18O10. The topological polar surface area (TPSA) is 231 Å². The van der Waals surface area contributed by atoms with Crippen LogP contribution in [0.2, 0.25) is 0 Å². The fourth-order valence-corrected chi connectivity index (χ4v) is 25.6. The minimum atomic E-state index is -2.66. The molecule has 0 spiro atoms. The lowest BCUT2D eigenvalue weighted by molar-refractivity contribution is -0.142. The molecule has 140 heavy (non-hydrogen) atoms. The highest BCUT2D eigenvalue weighted by molar-refractivity contribution is 6.02. The van der Waals surface area contributed by atoms with Crippen LogP contribution in [0.25, 0.3) is 0 Å². The van der Waals surface area contributed by atoms with E-state index in [0.717, 1.165) is 272 Å². The molecule has 18 saturated heterocycles. The zero-order chi connectivity index (χ0) is 102. The molecule has 3 N–H and O–H groups in total. The van der Waals surface area contributed by atoms with Crippen molar-refractivity contribution >= 4 is 35.4 Å². The number of ether oxygens (including phenoxy) is 1. The molecule has 1 unspecified atom stereocenters. The normalized spacial score (nSPS) is 31.3. The highest BCUT2D eigenvalue weighted by atomic mass is 19.3. The van der Waals surface area contributed by atoms with Crippen molar-refractivity contribution in [3.05, 3.63) is 0 Å². The Morgan fingerprint density at radius 3 is 0.871 bits per heavy atom. The number of aliphatic hydroxyl groups excluding tert-OH is 2. The number of hydrogen-bond acceptors (Lipinski definition) is 23. The van der Waals surface area contributed by atoms with Gasteiger partial charge in [0, 0.05) is 174 Å². The van der Waals surface area contributed by atoms with Gasteiger partial charge in [-0.1, -0.05) is 13.8 Å². The van der Waals surface area contributed by atoms with Crippen LogP contribution >= 0.6 is 0 Å². The fourth-order valence-electron chi connectivity index (χ4n) is 25.6. The van der Waals surface area contributed by atoms with Gasteiger partial charge in [0.15, 0.2) is 0 Å². The molecule has 0 aliphatic carbocycles. The predicted molar refractivity (Wildman–Crippen MR) is 534 cm³/mol. The first kappa shape index (κ1) is 118. The molecule has 0 saturated carbocycles. The molecule has 0 radical (unpaired) electrons. The molecule has 18 heterocycles. The van der Waals surface area contributed by atoms with Crippen molar-refractivity contribution < 1.29 is 83.9 Å². The van der Waals surface area contributed by atoms with Crippen LogP contribution in [-0.2, 0) is 33.5 Å². The van der Waals surface area contributed by atoms with Gasteiger partial charge in [-0.3, -0.25) is 53.3 Å². The maximum atomic E-state index is 13.6. The molecule has 0 bridgehead atoms. The maximum absolute atomic E-state index is 13.6. The standard InChI is InChI=1S/C13H24F2N2O.2C12H22F2N2O.2C12H22N2O.C11H20F2N2O.2C11H20N2O.C10H16N2O2/c1-12(2,18)11-8-13(14,15)9-17(11)10-4-6-16(3)7-5-10;1-15-5-3-10(4-6-15)16-9-12(13,14)7-11(16)8-17-2;1-9(17)11-7-12(13,14)8-16(11)10-3-5-15(2)6-4-10;2*1-3-10-4-5-12(15)14(10)11-6-8-13(2)9-7-11;1-14-4-2-9(3-5-14)15-8-11(12,13)6-10(15)7-16;2*1-9-3-4-11(14)13(9)10-5-7-12(2)8-6-10;1-11-6-4-8(5-7-11)12-9(13)2-3-10(12)14/h10-11,18H,4-9H2,1-3H3;10-11H,3-9H2,1-2H3;9-11,17H,3-8H2,1-2H3;2*10-11H,3-9H2,1-2H3;9-10,16H,2-8H2,1H3;2*9-10H,3-8H2,1-2H3;8H,2-7H2,1H3/t2*11-;9?,11-;3*10-;2*9-;/m11110110./s1. The summed E-state index contributed by atoms with van der Waals surface area (Å²) in [5, 5.41) is 28.9. The third-order valence-corrected chi connectivity index (χ3v) is 34.3. The van der Waals surface area contributed by atoms with Gasteiger partial charge in [0.05, 0.1) is 51.1 Å². The van der Waals surface area contributed by atoms with Crippen LogP contribution in [0.4, 0.5) is 35.1 Å². The Balaban J connectivity index is 0.000000162. The molecule has 36 heteroatoms. The van der Waals surface area contributed by atoms with E-state index in [0.29, 0.717) is 97.5 Å². The van der Waals surface area contributed by atoms with Gasteiger partial charge in [-0.15, -0.1) is 0 Å². The molecule has 18 aliphatic heterocycles. The summed E-state index contributed by atoms with van der Waals surface area (Å²) in [4.78, 5) is 108. The highest BCUT2D eigenvalue weighted by Crippen LogP contribution is 2.43. The summed E-state index contributed by atoms with van der Waals surface area (Å²) in [7, 11) is 20.6. The van der Waals surface area contributed by atoms with E-state index in [1.54, 1.807) is 27.9 Å². The van der Waals surface area contributed by atoms with Crippen LogP contribution in [0.3, 0.4) is 0 Å².